The third-order valence-electron chi connectivity index (χ3n) is 3.18. The predicted molar refractivity (Wildman–Crippen MR) is 89.0 cm³/mol. The van der Waals surface area contributed by atoms with Crippen molar-refractivity contribution in [2.45, 2.75) is 32.5 Å². The Kier molecular flexibility index (Phi) is 9.21. The summed E-state index contributed by atoms with van der Waals surface area (Å²) in [6.07, 6.45) is 0.985. The number of nitrogens with zero attached hydrogens (tertiary/aromatic N) is 4. The normalized spacial score (nSPS) is 12.7. The van der Waals surface area contributed by atoms with Gasteiger partial charge in [-0.05, 0) is 39.4 Å². The molecule has 1 rings (SSSR count). The van der Waals surface area contributed by atoms with E-state index in [1.807, 2.05) is 23.9 Å². The summed E-state index contributed by atoms with van der Waals surface area (Å²) in [5.74, 6) is 0.691. The van der Waals surface area contributed by atoms with E-state index in [4.69, 9.17) is 0 Å². The van der Waals surface area contributed by atoms with Crippen LogP contribution in [0.5, 0.6) is 0 Å². The van der Waals surface area contributed by atoms with Crippen molar-refractivity contribution in [3.05, 3.63) is 18.5 Å². The maximum absolute atomic E-state index is 12.2. The van der Waals surface area contributed by atoms with Crippen LogP contribution in [0.3, 0.4) is 0 Å². The van der Waals surface area contributed by atoms with E-state index >= 15 is 0 Å². The average Bonchev–Trinajstić information content (AvgIpc) is 2.99. The molecule has 1 heterocycles. The lowest BCUT2D eigenvalue weighted by molar-refractivity contribution is -0.143. The Morgan fingerprint density at radius 1 is 1.29 bits per heavy atom. The highest BCUT2D eigenvalue weighted by atomic mass is 19.4. The van der Waals surface area contributed by atoms with Crippen LogP contribution < -0.4 is 10.6 Å². The molecule has 0 saturated carbocycles. The first-order valence-electron chi connectivity index (χ1n) is 8.15. The van der Waals surface area contributed by atoms with Crippen molar-refractivity contribution in [1.29, 1.82) is 0 Å². The second-order valence-electron chi connectivity index (χ2n) is 5.52. The van der Waals surface area contributed by atoms with Crippen LogP contribution in [0.4, 0.5) is 13.2 Å². The molecule has 0 spiro atoms. The van der Waals surface area contributed by atoms with Gasteiger partial charge in [-0.15, -0.1) is 0 Å². The van der Waals surface area contributed by atoms with Crippen molar-refractivity contribution in [2.75, 3.05) is 39.8 Å². The molecule has 0 aliphatic rings. The quantitative estimate of drug-likeness (QED) is 0.384. The molecule has 24 heavy (non-hydrogen) atoms. The average molecular weight is 348 g/mol. The van der Waals surface area contributed by atoms with Gasteiger partial charge in [-0.1, -0.05) is 0 Å². The zero-order valence-electron chi connectivity index (χ0n) is 14.3. The van der Waals surface area contributed by atoms with Gasteiger partial charge in [0.05, 0.1) is 6.54 Å². The highest BCUT2D eigenvalue weighted by Crippen LogP contribution is 2.15. The van der Waals surface area contributed by atoms with Crippen LogP contribution >= 0.6 is 0 Å². The van der Waals surface area contributed by atoms with Crippen molar-refractivity contribution in [1.82, 2.24) is 25.3 Å². The minimum absolute atomic E-state index is 0.380. The molecule has 2 N–H and O–H groups in total. The predicted octanol–water partition coefficient (Wildman–Crippen LogP) is 1.71. The summed E-state index contributed by atoms with van der Waals surface area (Å²) >= 11 is 0. The summed E-state index contributed by atoms with van der Waals surface area (Å²) < 4.78 is 38.5. The Labute approximate surface area is 141 Å². The van der Waals surface area contributed by atoms with E-state index in [0.717, 1.165) is 19.5 Å². The highest BCUT2D eigenvalue weighted by molar-refractivity contribution is 5.79. The van der Waals surface area contributed by atoms with Gasteiger partial charge in [-0.2, -0.15) is 18.3 Å². The molecule has 6 nitrogen and oxygen atoms in total. The number of aliphatic imine (C=N–C) groups is 1. The fraction of sp³-hybridized carbons (Fsp3) is 0.733. The summed E-state index contributed by atoms with van der Waals surface area (Å²) in [6, 6.07) is 1.88. The number of hydrogen-bond donors (Lipinski definition) is 2. The fourth-order valence-corrected chi connectivity index (χ4v) is 2.14. The van der Waals surface area contributed by atoms with E-state index in [9.17, 15) is 13.2 Å². The number of rotatable bonds is 10. The van der Waals surface area contributed by atoms with Crippen molar-refractivity contribution < 1.29 is 13.2 Å². The lowest BCUT2D eigenvalue weighted by Crippen LogP contribution is -2.39. The van der Waals surface area contributed by atoms with Gasteiger partial charge in [0.25, 0.3) is 0 Å². The van der Waals surface area contributed by atoms with Crippen LogP contribution in [0.25, 0.3) is 0 Å². The van der Waals surface area contributed by atoms with E-state index in [-0.39, 0.29) is 0 Å². The van der Waals surface area contributed by atoms with Gasteiger partial charge in [0.15, 0.2) is 5.96 Å². The van der Waals surface area contributed by atoms with Gasteiger partial charge in [-0.3, -0.25) is 14.6 Å². The Hall–Kier alpha value is -1.77. The molecule has 0 unspecified atom stereocenters. The number of aromatic nitrogens is 2. The number of hydrogen-bond acceptors (Lipinski definition) is 3. The van der Waals surface area contributed by atoms with Crippen LogP contribution in [0.2, 0.25) is 0 Å². The van der Waals surface area contributed by atoms with Crippen LogP contribution in [-0.4, -0.2) is 66.6 Å². The summed E-state index contributed by atoms with van der Waals surface area (Å²) in [6.45, 7) is 4.24. The topological polar surface area (TPSA) is 57.5 Å². The Morgan fingerprint density at radius 3 is 2.71 bits per heavy atom. The first-order valence-corrected chi connectivity index (χ1v) is 8.15. The van der Waals surface area contributed by atoms with Gasteiger partial charge in [0.1, 0.15) is 0 Å². The minimum Gasteiger partial charge on any atom is -0.357 e. The summed E-state index contributed by atoms with van der Waals surface area (Å²) in [5.41, 5.74) is 0. The number of guanidine groups is 1. The van der Waals surface area contributed by atoms with E-state index < -0.39 is 12.7 Å². The fourth-order valence-electron chi connectivity index (χ4n) is 2.14. The van der Waals surface area contributed by atoms with Crippen molar-refractivity contribution >= 4 is 5.96 Å². The van der Waals surface area contributed by atoms with E-state index in [0.29, 0.717) is 32.0 Å². The van der Waals surface area contributed by atoms with Gasteiger partial charge < -0.3 is 10.6 Å². The van der Waals surface area contributed by atoms with E-state index in [2.05, 4.69) is 20.7 Å². The zero-order valence-corrected chi connectivity index (χ0v) is 14.3. The first kappa shape index (κ1) is 20.3. The lowest BCUT2D eigenvalue weighted by Gasteiger charge is -2.18. The van der Waals surface area contributed by atoms with Crippen LogP contribution in [0.1, 0.15) is 19.8 Å². The molecular weight excluding hydrogens is 321 g/mol. The molecule has 1 aromatic rings. The standard InChI is InChI=1S/C15H27F3N6/c1-3-19-14(21-8-5-11-24-12-6-9-22-24)20-7-4-10-23(2)13-15(16,17)18/h6,9,12H,3-5,7-8,10-11,13H2,1-2H3,(H2,19,20,21). The molecule has 0 amide bonds. The third-order valence-corrected chi connectivity index (χ3v) is 3.18. The van der Waals surface area contributed by atoms with Crippen molar-refractivity contribution in [3.8, 4) is 0 Å². The highest BCUT2D eigenvalue weighted by Gasteiger charge is 2.28. The molecular formula is C15H27F3N6. The molecule has 0 aromatic carbocycles. The third kappa shape index (κ3) is 10.1. The van der Waals surface area contributed by atoms with Crippen LogP contribution in [0.15, 0.2) is 23.5 Å². The first-order chi connectivity index (χ1) is 11.4. The molecule has 0 bridgehead atoms. The molecule has 0 saturated heterocycles. The smallest absolute Gasteiger partial charge is 0.357 e. The summed E-state index contributed by atoms with van der Waals surface area (Å²) in [5, 5.41) is 10.4. The molecule has 0 aliphatic carbocycles. The van der Waals surface area contributed by atoms with Gasteiger partial charge in [0.2, 0.25) is 0 Å². The lowest BCUT2D eigenvalue weighted by atomic mass is 10.4. The van der Waals surface area contributed by atoms with Crippen LogP contribution in [-0.2, 0) is 6.54 Å². The number of aryl methyl sites for hydroxylation is 1. The molecule has 9 heteroatoms. The van der Waals surface area contributed by atoms with E-state index in [1.165, 1.54) is 11.9 Å². The second-order valence-corrected chi connectivity index (χ2v) is 5.52. The molecule has 0 aliphatic heterocycles. The second kappa shape index (κ2) is 10.9. The monoisotopic (exact) mass is 348 g/mol. The maximum atomic E-state index is 12.2. The Morgan fingerprint density at radius 2 is 2.08 bits per heavy atom. The van der Waals surface area contributed by atoms with Crippen molar-refractivity contribution in [3.63, 3.8) is 0 Å². The molecule has 0 radical (unpaired) electrons. The zero-order chi connectivity index (χ0) is 17.8. The number of alkyl halides is 3. The molecule has 138 valence electrons. The van der Waals surface area contributed by atoms with E-state index in [1.54, 1.807) is 6.20 Å². The molecule has 0 fully saturated rings. The Bertz CT molecular complexity index is 458. The van der Waals surface area contributed by atoms with Crippen molar-refractivity contribution in [2.24, 2.45) is 4.99 Å². The van der Waals surface area contributed by atoms with Crippen LogP contribution in [0, 0.1) is 0 Å². The largest absolute Gasteiger partial charge is 0.401 e. The summed E-state index contributed by atoms with van der Waals surface area (Å²) in [7, 11) is 1.47. The molecule has 1 aromatic heterocycles. The number of nitrogens with one attached hydrogen (secondary N) is 2. The summed E-state index contributed by atoms with van der Waals surface area (Å²) in [4.78, 5) is 5.72. The maximum Gasteiger partial charge on any atom is 0.401 e. The minimum atomic E-state index is -4.15. The number of halogens is 3. The van der Waals surface area contributed by atoms with Gasteiger partial charge >= 0.3 is 6.18 Å². The molecule has 0 atom stereocenters. The Balaban J connectivity index is 2.20. The van der Waals surface area contributed by atoms with Gasteiger partial charge in [-0.25, -0.2) is 0 Å². The van der Waals surface area contributed by atoms with Gasteiger partial charge in [0, 0.05) is 38.6 Å². The SMILES string of the molecule is CCNC(=NCCCn1cccn1)NCCCN(C)CC(F)(F)F.